The van der Waals surface area contributed by atoms with Crippen LogP contribution in [0.4, 0.5) is 20.9 Å². The summed E-state index contributed by atoms with van der Waals surface area (Å²) < 4.78 is 14.3. The van der Waals surface area contributed by atoms with Gasteiger partial charge in [0.2, 0.25) is 5.91 Å². The molecule has 6 nitrogen and oxygen atoms in total. The number of nitrogens with one attached hydrogen (secondary N) is 1. The Labute approximate surface area is 206 Å². The van der Waals surface area contributed by atoms with Crippen LogP contribution < -0.4 is 15.3 Å². The van der Waals surface area contributed by atoms with E-state index < -0.39 is 5.82 Å². The Kier molecular flexibility index (Phi) is 7.64. The fraction of sp³-hybridized carbons (Fsp3) is 0.0741. The maximum atomic E-state index is 14.3. The highest BCUT2D eigenvalue weighted by molar-refractivity contribution is 7.14. The molecule has 0 bridgehead atoms. The second kappa shape index (κ2) is 11.2. The molecule has 0 fully saturated rings. The number of anilines is 3. The Balaban J connectivity index is 1.49. The van der Waals surface area contributed by atoms with Crippen LogP contribution >= 0.6 is 11.3 Å². The van der Waals surface area contributed by atoms with Gasteiger partial charge in [-0.2, -0.15) is 0 Å². The summed E-state index contributed by atoms with van der Waals surface area (Å²) in [6.45, 7) is 1.84. The number of hydrazine groups is 1. The minimum Gasteiger partial charge on any atom is -0.281 e. The SMILES string of the molecule is CC(=O)N(c1nc(/C=C/C(=O)NN(Cc2ccccc2)c2ccccc2)cs1)c1ccccc1F. The number of amides is 2. The van der Waals surface area contributed by atoms with E-state index in [0.29, 0.717) is 17.4 Å². The van der Waals surface area contributed by atoms with E-state index in [-0.39, 0.29) is 17.5 Å². The molecule has 0 atom stereocenters. The number of hydrogen-bond acceptors (Lipinski definition) is 5. The molecule has 1 N–H and O–H groups in total. The lowest BCUT2D eigenvalue weighted by Gasteiger charge is -2.25. The number of hydrogen-bond donors (Lipinski definition) is 1. The molecule has 0 saturated heterocycles. The number of halogens is 1. The number of aromatic nitrogens is 1. The van der Waals surface area contributed by atoms with E-state index in [0.717, 1.165) is 11.3 Å². The summed E-state index contributed by atoms with van der Waals surface area (Å²) in [5.74, 6) is -1.22. The molecule has 2 amide bonds. The van der Waals surface area contributed by atoms with Crippen molar-refractivity contribution in [2.45, 2.75) is 13.5 Å². The molecule has 0 spiro atoms. The van der Waals surface area contributed by atoms with Crippen LogP contribution in [0.25, 0.3) is 6.08 Å². The van der Waals surface area contributed by atoms with E-state index in [1.807, 2.05) is 60.7 Å². The number of thiazole rings is 1. The van der Waals surface area contributed by atoms with E-state index in [2.05, 4.69) is 10.4 Å². The van der Waals surface area contributed by atoms with Crippen molar-refractivity contribution >= 4 is 45.7 Å². The maximum absolute atomic E-state index is 14.3. The fourth-order valence-electron chi connectivity index (χ4n) is 3.40. The van der Waals surface area contributed by atoms with Gasteiger partial charge in [0, 0.05) is 18.4 Å². The Bertz CT molecular complexity index is 1330. The third kappa shape index (κ3) is 6.18. The predicted octanol–water partition coefficient (Wildman–Crippen LogP) is 5.72. The zero-order valence-corrected chi connectivity index (χ0v) is 19.8. The van der Waals surface area contributed by atoms with Gasteiger partial charge in [0.15, 0.2) is 5.13 Å². The highest BCUT2D eigenvalue weighted by atomic mass is 32.1. The van der Waals surface area contributed by atoms with Crippen LogP contribution in [-0.4, -0.2) is 16.8 Å². The number of para-hydroxylation sites is 2. The van der Waals surface area contributed by atoms with Gasteiger partial charge in [0.25, 0.3) is 5.91 Å². The Morgan fingerprint density at radius 2 is 1.63 bits per heavy atom. The van der Waals surface area contributed by atoms with Gasteiger partial charge in [-0.1, -0.05) is 60.7 Å². The minimum absolute atomic E-state index is 0.127. The first-order chi connectivity index (χ1) is 17.0. The molecular weight excluding hydrogens is 463 g/mol. The van der Waals surface area contributed by atoms with Crippen LogP contribution in [-0.2, 0) is 16.1 Å². The molecule has 176 valence electrons. The minimum atomic E-state index is -0.520. The van der Waals surface area contributed by atoms with Crippen molar-refractivity contribution in [3.05, 3.63) is 113 Å². The number of nitrogens with zero attached hydrogens (tertiary/aromatic N) is 3. The van der Waals surface area contributed by atoms with Crippen molar-refractivity contribution in [1.82, 2.24) is 10.4 Å². The van der Waals surface area contributed by atoms with E-state index in [4.69, 9.17) is 0 Å². The average Bonchev–Trinajstić information content (AvgIpc) is 3.33. The third-order valence-electron chi connectivity index (χ3n) is 5.01. The van der Waals surface area contributed by atoms with Gasteiger partial charge in [0.05, 0.1) is 23.6 Å². The summed E-state index contributed by atoms with van der Waals surface area (Å²) in [5.41, 5.74) is 5.40. The molecular formula is C27H23FN4O2S. The first-order valence-electron chi connectivity index (χ1n) is 10.9. The topological polar surface area (TPSA) is 65.5 Å². The van der Waals surface area contributed by atoms with Crippen LogP contribution in [0.2, 0.25) is 0 Å². The first-order valence-corrected chi connectivity index (χ1v) is 11.7. The zero-order valence-electron chi connectivity index (χ0n) is 19.0. The van der Waals surface area contributed by atoms with Crippen molar-refractivity contribution in [1.29, 1.82) is 0 Å². The first kappa shape index (κ1) is 23.8. The number of carbonyl (C=O) groups is 2. The molecule has 1 aromatic heterocycles. The van der Waals surface area contributed by atoms with Crippen LogP contribution in [0, 0.1) is 5.82 Å². The van der Waals surface area contributed by atoms with E-state index in [1.54, 1.807) is 28.6 Å². The van der Waals surface area contributed by atoms with Gasteiger partial charge in [-0.25, -0.2) is 9.37 Å². The van der Waals surface area contributed by atoms with Crippen molar-refractivity contribution in [2.75, 3.05) is 9.91 Å². The molecule has 0 aliphatic carbocycles. The molecule has 3 aromatic carbocycles. The van der Waals surface area contributed by atoms with E-state index in [1.165, 1.54) is 41.4 Å². The Hall–Kier alpha value is -4.30. The quantitative estimate of drug-likeness (QED) is 0.256. The summed E-state index contributed by atoms with van der Waals surface area (Å²) in [4.78, 5) is 30.6. The summed E-state index contributed by atoms with van der Waals surface area (Å²) >= 11 is 1.19. The molecule has 0 saturated carbocycles. The van der Waals surface area contributed by atoms with E-state index in [9.17, 15) is 14.0 Å². The summed E-state index contributed by atoms with van der Waals surface area (Å²) in [6, 6.07) is 25.4. The summed E-state index contributed by atoms with van der Waals surface area (Å²) in [6.07, 6.45) is 2.93. The average molecular weight is 487 g/mol. The molecule has 4 aromatic rings. The molecule has 0 unspecified atom stereocenters. The van der Waals surface area contributed by atoms with Crippen LogP contribution in [0.5, 0.6) is 0 Å². The second-order valence-electron chi connectivity index (χ2n) is 7.58. The second-order valence-corrected chi connectivity index (χ2v) is 8.41. The summed E-state index contributed by atoms with van der Waals surface area (Å²) in [5, 5.41) is 3.79. The van der Waals surface area contributed by atoms with Crippen molar-refractivity contribution < 1.29 is 14.0 Å². The summed E-state index contributed by atoms with van der Waals surface area (Å²) in [7, 11) is 0. The molecule has 35 heavy (non-hydrogen) atoms. The van der Waals surface area contributed by atoms with Crippen molar-refractivity contribution in [3.8, 4) is 0 Å². The molecule has 4 rings (SSSR count). The highest BCUT2D eigenvalue weighted by Crippen LogP contribution is 2.31. The van der Waals surface area contributed by atoms with Gasteiger partial charge in [-0.15, -0.1) is 11.3 Å². The smallest absolute Gasteiger partial charge is 0.262 e. The number of benzene rings is 3. The highest BCUT2D eigenvalue weighted by Gasteiger charge is 2.20. The largest absolute Gasteiger partial charge is 0.281 e. The lowest BCUT2D eigenvalue weighted by Crippen LogP contribution is -2.41. The molecule has 1 heterocycles. The monoisotopic (exact) mass is 486 g/mol. The Morgan fingerprint density at radius 1 is 0.971 bits per heavy atom. The number of carbonyl (C=O) groups excluding carboxylic acids is 2. The predicted molar refractivity (Wildman–Crippen MR) is 138 cm³/mol. The van der Waals surface area contributed by atoms with Gasteiger partial charge in [-0.3, -0.25) is 24.9 Å². The third-order valence-corrected chi connectivity index (χ3v) is 5.86. The maximum Gasteiger partial charge on any atom is 0.262 e. The van der Waals surface area contributed by atoms with E-state index >= 15 is 0 Å². The van der Waals surface area contributed by atoms with Gasteiger partial charge < -0.3 is 0 Å². The van der Waals surface area contributed by atoms with Gasteiger partial charge >= 0.3 is 0 Å². The lowest BCUT2D eigenvalue weighted by atomic mass is 10.2. The molecule has 8 heteroatoms. The van der Waals surface area contributed by atoms with Crippen LogP contribution in [0.1, 0.15) is 18.2 Å². The Morgan fingerprint density at radius 3 is 2.31 bits per heavy atom. The molecule has 0 aliphatic rings. The van der Waals surface area contributed by atoms with Gasteiger partial charge in [0.1, 0.15) is 5.82 Å². The van der Waals surface area contributed by atoms with Gasteiger partial charge in [-0.05, 0) is 35.9 Å². The fourth-order valence-corrected chi connectivity index (χ4v) is 4.24. The number of rotatable bonds is 8. The van der Waals surface area contributed by atoms with Crippen LogP contribution in [0.15, 0.2) is 96.4 Å². The standard InChI is InChI=1S/C27H23FN4O2S/c1-20(33)32(25-15-9-8-14-24(25)28)27-29-22(19-35-27)16-17-26(34)30-31(23-12-6-3-7-13-23)18-21-10-4-2-5-11-21/h2-17,19H,18H2,1H3,(H,30,34)/b17-16+. The van der Waals surface area contributed by atoms with Crippen molar-refractivity contribution in [2.24, 2.45) is 0 Å². The normalized spacial score (nSPS) is 10.8. The lowest BCUT2D eigenvalue weighted by molar-refractivity contribution is -0.117. The molecule has 0 radical (unpaired) electrons. The van der Waals surface area contributed by atoms with Crippen molar-refractivity contribution in [3.63, 3.8) is 0 Å². The molecule has 0 aliphatic heterocycles. The zero-order chi connectivity index (χ0) is 24.6. The van der Waals surface area contributed by atoms with Crippen LogP contribution in [0.3, 0.4) is 0 Å².